The third-order valence-electron chi connectivity index (χ3n) is 1.93. The number of nitrogens with two attached hydrogens (primary N) is 1. The first-order valence-corrected chi connectivity index (χ1v) is 4.04. The van der Waals surface area contributed by atoms with Crippen LogP contribution in [0.25, 0.3) is 0 Å². The van der Waals surface area contributed by atoms with Gasteiger partial charge in [0.05, 0.1) is 12.1 Å². The average Bonchev–Trinajstić information content (AvgIpc) is 2.36. The third-order valence-corrected chi connectivity index (χ3v) is 1.93. The Hall–Kier alpha value is -0.650. The molecule has 0 aromatic rings. The van der Waals surface area contributed by atoms with Gasteiger partial charge in [0.25, 0.3) is 0 Å². The van der Waals surface area contributed by atoms with Crippen LogP contribution >= 0.6 is 0 Å². The number of primary amides is 1. The molecule has 1 fully saturated rings. The van der Waals surface area contributed by atoms with Gasteiger partial charge in [0.1, 0.15) is 6.61 Å². The highest BCUT2D eigenvalue weighted by Crippen LogP contribution is 2.18. The van der Waals surface area contributed by atoms with Gasteiger partial charge in [-0.3, -0.25) is 9.63 Å². The Morgan fingerprint density at radius 3 is 2.92 bits per heavy atom. The van der Waals surface area contributed by atoms with E-state index in [-0.39, 0.29) is 18.8 Å². The third kappa shape index (κ3) is 2.77. The number of aliphatic hydroxyl groups excluding tert-OH is 1. The quantitative estimate of drug-likeness (QED) is 0.473. The molecule has 0 radical (unpaired) electrons. The molecule has 0 aromatic heterocycles. The molecule has 5 heteroatoms. The van der Waals surface area contributed by atoms with E-state index >= 15 is 0 Å². The molecule has 0 heterocycles. The Labute approximate surface area is 70.8 Å². The molecular weight excluding hydrogens is 160 g/mol. The molecule has 0 unspecified atom stereocenters. The van der Waals surface area contributed by atoms with Crippen molar-refractivity contribution in [3.63, 3.8) is 0 Å². The smallest absolute Gasteiger partial charge is 0.245 e. The highest BCUT2D eigenvalue weighted by Gasteiger charge is 2.24. The van der Waals surface area contributed by atoms with Crippen LogP contribution in [0.4, 0.5) is 0 Å². The lowest BCUT2D eigenvalue weighted by Gasteiger charge is -2.14. The zero-order valence-electron chi connectivity index (χ0n) is 6.82. The van der Waals surface area contributed by atoms with Crippen molar-refractivity contribution in [3.05, 3.63) is 0 Å². The number of hydrogen-bond acceptors (Lipinski definition) is 4. The number of amides is 1. The monoisotopic (exact) mass is 174 g/mol. The van der Waals surface area contributed by atoms with E-state index in [9.17, 15) is 9.90 Å². The minimum atomic E-state index is -0.519. The molecule has 4 N–H and O–H groups in total. The van der Waals surface area contributed by atoms with Crippen molar-refractivity contribution in [2.24, 2.45) is 5.73 Å². The first-order valence-electron chi connectivity index (χ1n) is 4.04. The zero-order chi connectivity index (χ0) is 8.97. The van der Waals surface area contributed by atoms with Crippen molar-refractivity contribution in [3.8, 4) is 0 Å². The number of hydrogen-bond donors (Lipinski definition) is 3. The summed E-state index contributed by atoms with van der Waals surface area (Å²) >= 11 is 0. The van der Waals surface area contributed by atoms with E-state index in [1.165, 1.54) is 0 Å². The van der Waals surface area contributed by atoms with Crippen molar-refractivity contribution >= 4 is 5.91 Å². The van der Waals surface area contributed by atoms with Crippen molar-refractivity contribution in [2.75, 3.05) is 6.61 Å². The fraction of sp³-hybridized carbons (Fsp3) is 0.857. The van der Waals surface area contributed by atoms with Crippen LogP contribution in [0, 0.1) is 0 Å². The molecule has 5 nitrogen and oxygen atoms in total. The van der Waals surface area contributed by atoms with Crippen molar-refractivity contribution in [2.45, 2.75) is 31.4 Å². The summed E-state index contributed by atoms with van der Waals surface area (Å²) in [5, 5.41) is 9.30. The summed E-state index contributed by atoms with van der Waals surface area (Å²) in [5.74, 6) is -0.519. The van der Waals surface area contributed by atoms with E-state index in [2.05, 4.69) is 5.48 Å². The van der Waals surface area contributed by atoms with Crippen LogP contribution in [0.5, 0.6) is 0 Å². The van der Waals surface area contributed by atoms with Gasteiger partial charge in [-0.05, 0) is 19.3 Å². The number of rotatable bonds is 4. The van der Waals surface area contributed by atoms with Crippen LogP contribution in [0.2, 0.25) is 0 Å². The Morgan fingerprint density at radius 2 is 2.42 bits per heavy atom. The van der Waals surface area contributed by atoms with Gasteiger partial charge in [-0.1, -0.05) is 0 Å². The predicted octanol–water partition coefficient (Wildman–Crippen LogP) is -1.09. The lowest BCUT2D eigenvalue weighted by molar-refractivity contribution is -0.126. The van der Waals surface area contributed by atoms with Crippen LogP contribution < -0.4 is 11.2 Å². The lowest BCUT2D eigenvalue weighted by atomic mass is 10.2. The molecule has 70 valence electrons. The second kappa shape index (κ2) is 4.39. The second-order valence-corrected chi connectivity index (χ2v) is 2.98. The molecule has 1 aliphatic carbocycles. The Morgan fingerprint density at radius 1 is 1.67 bits per heavy atom. The lowest BCUT2D eigenvalue weighted by Crippen LogP contribution is -2.37. The molecule has 12 heavy (non-hydrogen) atoms. The van der Waals surface area contributed by atoms with Crippen LogP contribution in [0.15, 0.2) is 0 Å². The SMILES string of the molecule is NC(=O)CON[C@H]1CCC[C@@H]1O. The minimum absolute atomic E-state index is 0.0515. The fourth-order valence-electron chi connectivity index (χ4n) is 1.30. The Kier molecular flexibility index (Phi) is 3.46. The van der Waals surface area contributed by atoms with Gasteiger partial charge in [-0.2, -0.15) is 5.48 Å². The first-order chi connectivity index (χ1) is 5.70. The van der Waals surface area contributed by atoms with Gasteiger partial charge in [-0.15, -0.1) is 0 Å². The molecule has 0 spiro atoms. The second-order valence-electron chi connectivity index (χ2n) is 2.98. The van der Waals surface area contributed by atoms with Crippen molar-refractivity contribution < 1.29 is 14.7 Å². The zero-order valence-corrected chi connectivity index (χ0v) is 6.82. The van der Waals surface area contributed by atoms with Crippen LogP contribution in [0.1, 0.15) is 19.3 Å². The summed E-state index contributed by atoms with van der Waals surface area (Å²) in [6.45, 7) is -0.150. The van der Waals surface area contributed by atoms with Gasteiger partial charge < -0.3 is 10.8 Å². The highest BCUT2D eigenvalue weighted by atomic mass is 16.6. The Balaban J connectivity index is 2.10. The summed E-state index contributed by atoms with van der Waals surface area (Å²) in [6, 6.07) is -0.0515. The maximum Gasteiger partial charge on any atom is 0.245 e. The summed E-state index contributed by atoms with van der Waals surface area (Å²) in [4.78, 5) is 15.0. The van der Waals surface area contributed by atoms with E-state index in [1.807, 2.05) is 0 Å². The van der Waals surface area contributed by atoms with Crippen molar-refractivity contribution in [1.29, 1.82) is 0 Å². The standard InChI is InChI=1S/C7H14N2O3/c8-7(11)4-12-9-5-2-1-3-6(5)10/h5-6,9-10H,1-4H2,(H2,8,11)/t5-,6-/m0/s1. The summed E-state index contributed by atoms with van der Waals surface area (Å²) in [6.07, 6.45) is 2.29. The predicted molar refractivity (Wildman–Crippen MR) is 41.9 cm³/mol. The normalized spacial score (nSPS) is 29.1. The van der Waals surface area contributed by atoms with E-state index in [0.717, 1.165) is 19.3 Å². The average molecular weight is 174 g/mol. The highest BCUT2D eigenvalue weighted by molar-refractivity contribution is 5.74. The van der Waals surface area contributed by atoms with Crippen LogP contribution in [0.3, 0.4) is 0 Å². The molecule has 1 amide bonds. The molecule has 0 aliphatic heterocycles. The number of nitrogens with one attached hydrogen (secondary N) is 1. The molecule has 1 rings (SSSR count). The maximum absolute atomic E-state index is 10.2. The summed E-state index contributed by atoms with van der Waals surface area (Å²) < 4.78 is 0. The van der Waals surface area contributed by atoms with E-state index in [1.54, 1.807) is 0 Å². The number of hydroxylamine groups is 1. The summed E-state index contributed by atoms with van der Waals surface area (Å²) in [5.41, 5.74) is 7.46. The summed E-state index contributed by atoms with van der Waals surface area (Å²) in [7, 11) is 0. The molecule has 1 aliphatic rings. The van der Waals surface area contributed by atoms with Crippen molar-refractivity contribution in [1.82, 2.24) is 5.48 Å². The number of carbonyl (C=O) groups excluding carboxylic acids is 1. The van der Waals surface area contributed by atoms with Gasteiger partial charge in [0.2, 0.25) is 5.91 Å². The van der Waals surface area contributed by atoms with Gasteiger partial charge in [0.15, 0.2) is 0 Å². The first kappa shape index (κ1) is 9.44. The van der Waals surface area contributed by atoms with Gasteiger partial charge in [0, 0.05) is 0 Å². The van der Waals surface area contributed by atoms with E-state index in [4.69, 9.17) is 10.6 Å². The topological polar surface area (TPSA) is 84.6 Å². The van der Waals surface area contributed by atoms with Crippen LogP contribution in [-0.4, -0.2) is 29.8 Å². The van der Waals surface area contributed by atoms with Gasteiger partial charge in [-0.25, -0.2) is 0 Å². The van der Waals surface area contributed by atoms with Crippen LogP contribution in [-0.2, 0) is 9.63 Å². The maximum atomic E-state index is 10.2. The largest absolute Gasteiger partial charge is 0.391 e. The minimum Gasteiger partial charge on any atom is -0.391 e. The molecule has 2 atom stereocenters. The molecular formula is C7H14N2O3. The van der Waals surface area contributed by atoms with Gasteiger partial charge >= 0.3 is 0 Å². The molecule has 0 saturated heterocycles. The Bertz CT molecular complexity index is 163. The fourth-order valence-corrected chi connectivity index (χ4v) is 1.30. The molecule has 0 bridgehead atoms. The van der Waals surface area contributed by atoms with E-state index in [0.29, 0.717) is 0 Å². The number of carbonyl (C=O) groups is 1. The van der Waals surface area contributed by atoms with E-state index < -0.39 is 5.91 Å². The molecule has 0 aromatic carbocycles. The number of aliphatic hydroxyl groups is 1. The molecule has 1 saturated carbocycles.